The molecule has 0 fully saturated rings. The second-order valence-electron chi connectivity index (χ2n) is 5.45. The Balaban J connectivity index is 1.38. The van der Waals surface area contributed by atoms with Crippen LogP contribution >= 0.6 is 57.6 Å². The number of hydrogen-bond acceptors (Lipinski definition) is 6. The summed E-state index contributed by atoms with van der Waals surface area (Å²) in [5.74, 6) is 0.150. The summed E-state index contributed by atoms with van der Waals surface area (Å²) < 4.78 is 1.85. The molecule has 0 saturated heterocycles. The van der Waals surface area contributed by atoms with Gasteiger partial charge in [-0.1, -0.05) is 58.4 Å². The van der Waals surface area contributed by atoms with E-state index in [9.17, 15) is 4.79 Å². The predicted molar refractivity (Wildman–Crippen MR) is 117 cm³/mol. The molecule has 0 bridgehead atoms. The summed E-state index contributed by atoms with van der Waals surface area (Å²) in [7, 11) is 0. The number of carbonyl (C=O) groups is 1. The van der Waals surface area contributed by atoms with Gasteiger partial charge in [0.25, 0.3) is 0 Å². The van der Waals surface area contributed by atoms with E-state index in [-0.39, 0.29) is 11.7 Å². The van der Waals surface area contributed by atoms with Crippen LogP contribution in [0.15, 0.2) is 52.2 Å². The number of hydrogen-bond donors (Lipinski definition) is 1. The number of aromatic nitrogens is 2. The zero-order chi connectivity index (χ0) is 18.8. The highest BCUT2D eigenvalue weighted by atomic mass is 35.5. The zero-order valence-corrected chi connectivity index (χ0v) is 17.6. The number of anilines is 1. The van der Waals surface area contributed by atoms with E-state index >= 15 is 0 Å². The third-order valence-electron chi connectivity index (χ3n) is 3.56. The van der Waals surface area contributed by atoms with E-state index in [0.29, 0.717) is 15.2 Å². The molecule has 2 heterocycles. The highest BCUT2D eigenvalue weighted by Gasteiger charge is 2.12. The number of thioether (sulfide) groups is 1. The molecular weight excluding hydrogens is 441 g/mol. The van der Waals surface area contributed by atoms with Crippen LogP contribution in [0.25, 0.3) is 21.5 Å². The summed E-state index contributed by atoms with van der Waals surface area (Å²) in [6.45, 7) is 0. The number of rotatable bonds is 5. The molecule has 27 heavy (non-hydrogen) atoms. The Kier molecular flexibility index (Phi) is 5.66. The van der Waals surface area contributed by atoms with Gasteiger partial charge in [-0.15, -0.1) is 11.3 Å². The first kappa shape index (κ1) is 18.7. The van der Waals surface area contributed by atoms with Gasteiger partial charge < -0.3 is 5.32 Å². The van der Waals surface area contributed by atoms with Crippen molar-refractivity contribution in [2.24, 2.45) is 0 Å². The fourth-order valence-corrected chi connectivity index (χ4v) is 5.37. The van der Waals surface area contributed by atoms with E-state index < -0.39 is 0 Å². The molecule has 9 heteroatoms. The summed E-state index contributed by atoms with van der Waals surface area (Å²) >= 11 is 16.5. The summed E-state index contributed by atoms with van der Waals surface area (Å²) in [6.07, 6.45) is 0. The number of nitrogens with zero attached hydrogens (tertiary/aromatic N) is 2. The molecule has 4 rings (SSSR count). The Hall–Kier alpha value is -1.64. The number of thiazole rings is 2. The standard InChI is InChI=1S/C18H11Cl2N3OS3/c19-10-5-6-11(12(20)7-10)14-8-25-18(22-14)26-9-16(24)23-17-21-13-3-1-2-4-15(13)27-17/h1-8H,9H2,(H,21,23,24). The van der Waals surface area contributed by atoms with Crippen molar-refractivity contribution in [2.45, 2.75) is 4.34 Å². The third kappa shape index (κ3) is 4.44. The van der Waals surface area contributed by atoms with Crippen LogP contribution in [0.3, 0.4) is 0 Å². The van der Waals surface area contributed by atoms with Gasteiger partial charge in [-0.25, -0.2) is 9.97 Å². The summed E-state index contributed by atoms with van der Waals surface area (Å²) in [4.78, 5) is 21.2. The van der Waals surface area contributed by atoms with Gasteiger partial charge >= 0.3 is 0 Å². The molecule has 0 aliphatic rings. The van der Waals surface area contributed by atoms with Crippen molar-refractivity contribution in [2.75, 3.05) is 11.1 Å². The van der Waals surface area contributed by atoms with Crippen molar-refractivity contribution >= 4 is 78.9 Å². The van der Waals surface area contributed by atoms with Crippen LogP contribution in [-0.4, -0.2) is 21.6 Å². The van der Waals surface area contributed by atoms with Gasteiger partial charge in [-0.05, 0) is 30.3 Å². The number of halogens is 2. The molecule has 0 spiro atoms. The lowest BCUT2D eigenvalue weighted by atomic mass is 10.2. The predicted octanol–water partition coefficient (Wildman–Crippen LogP) is 6.46. The first-order chi connectivity index (χ1) is 13.1. The number of fused-ring (bicyclic) bond motifs is 1. The molecule has 0 radical (unpaired) electrons. The van der Waals surface area contributed by atoms with Crippen molar-refractivity contribution in [3.63, 3.8) is 0 Å². The average molecular weight is 452 g/mol. The molecule has 1 N–H and O–H groups in total. The first-order valence-corrected chi connectivity index (χ1v) is 11.2. The number of amides is 1. The third-order valence-corrected chi connectivity index (χ3v) is 7.08. The van der Waals surface area contributed by atoms with E-state index in [0.717, 1.165) is 25.8 Å². The van der Waals surface area contributed by atoms with Gasteiger partial charge in [0.05, 0.1) is 26.7 Å². The molecule has 136 valence electrons. The lowest BCUT2D eigenvalue weighted by molar-refractivity contribution is -0.113. The van der Waals surface area contributed by atoms with Crippen LogP contribution in [0, 0.1) is 0 Å². The van der Waals surface area contributed by atoms with E-state index in [1.165, 1.54) is 34.4 Å². The topological polar surface area (TPSA) is 54.9 Å². The lowest BCUT2D eigenvalue weighted by Gasteiger charge is -2.01. The van der Waals surface area contributed by atoms with E-state index in [1.807, 2.05) is 35.7 Å². The molecule has 0 atom stereocenters. The van der Waals surface area contributed by atoms with E-state index in [1.54, 1.807) is 12.1 Å². The highest BCUT2D eigenvalue weighted by Crippen LogP contribution is 2.33. The van der Waals surface area contributed by atoms with Gasteiger partial charge in [0.2, 0.25) is 5.91 Å². The van der Waals surface area contributed by atoms with Crippen molar-refractivity contribution in [1.29, 1.82) is 0 Å². The van der Waals surface area contributed by atoms with Crippen molar-refractivity contribution < 1.29 is 4.79 Å². The van der Waals surface area contributed by atoms with Crippen LogP contribution in [-0.2, 0) is 4.79 Å². The zero-order valence-electron chi connectivity index (χ0n) is 13.6. The monoisotopic (exact) mass is 451 g/mol. The molecule has 4 nitrogen and oxygen atoms in total. The summed E-state index contributed by atoms with van der Waals surface area (Å²) in [5, 5.41) is 6.51. The molecule has 2 aromatic carbocycles. The number of nitrogens with one attached hydrogen (secondary N) is 1. The molecular formula is C18H11Cl2N3OS3. The van der Waals surface area contributed by atoms with Gasteiger partial charge in [-0.2, -0.15) is 0 Å². The number of para-hydroxylation sites is 1. The maximum Gasteiger partial charge on any atom is 0.236 e. The van der Waals surface area contributed by atoms with Crippen LogP contribution < -0.4 is 5.32 Å². The first-order valence-electron chi connectivity index (χ1n) is 7.78. The second kappa shape index (κ2) is 8.16. The highest BCUT2D eigenvalue weighted by molar-refractivity contribution is 8.01. The Morgan fingerprint density at radius 1 is 1.15 bits per heavy atom. The van der Waals surface area contributed by atoms with Crippen LogP contribution in [0.4, 0.5) is 5.13 Å². The number of benzene rings is 2. The molecule has 0 saturated carbocycles. The maximum absolute atomic E-state index is 12.2. The molecule has 0 aliphatic carbocycles. The van der Waals surface area contributed by atoms with Crippen molar-refractivity contribution in [1.82, 2.24) is 9.97 Å². The van der Waals surface area contributed by atoms with Crippen molar-refractivity contribution in [3.05, 3.63) is 57.9 Å². The average Bonchev–Trinajstić information content (AvgIpc) is 3.26. The minimum Gasteiger partial charge on any atom is -0.301 e. The molecule has 0 aliphatic heterocycles. The Morgan fingerprint density at radius 2 is 2.00 bits per heavy atom. The molecule has 1 amide bonds. The summed E-state index contributed by atoms with van der Waals surface area (Å²) in [6, 6.07) is 13.1. The molecule has 4 aromatic rings. The van der Waals surface area contributed by atoms with Crippen LogP contribution in [0.2, 0.25) is 10.0 Å². The number of carbonyl (C=O) groups excluding carboxylic acids is 1. The molecule has 0 unspecified atom stereocenters. The maximum atomic E-state index is 12.2. The van der Waals surface area contributed by atoms with Crippen molar-refractivity contribution in [3.8, 4) is 11.3 Å². The smallest absolute Gasteiger partial charge is 0.236 e. The van der Waals surface area contributed by atoms with Gasteiger partial charge in [0.1, 0.15) is 0 Å². The van der Waals surface area contributed by atoms with Crippen LogP contribution in [0.5, 0.6) is 0 Å². The van der Waals surface area contributed by atoms with Gasteiger partial charge in [0, 0.05) is 16.0 Å². The Bertz CT molecular complexity index is 1090. The fraction of sp³-hybridized carbons (Fsp3) is 0.0556. The SMILES string of the molecule is O=C(CSc1nc(-c2ccc(Cl)cc2Cl)cs1)Nc1nc2ccccc2s1. The Labute approximate surface area is 177 Å². The van der Waals surface area contributed by atoms with Gasteiger partial charge in [0.15, 0.2) is 9.47 Å². The minimum absolute atomic E-state index is 0.111. The molecule has 2 aromatic heterocycles. The van der Waals surface area contributed by atoms with E-state index in [2.05, 4.69) is 15.3 Å². The fourth-order valence-electron chi connectivity index (χ4n) is 2.35. The second-order valence-corrected chi connectivity index (χ2v) is 9.40. The van der Waals surface area contributed by atoms with Gasteiger partial charge in [-0.3, -0.25) is 4.79 Å². The normalized spacial score (nSPS) is 11.0. The quantitative estimate of drug-likeness (QED) is 0.353. The minimum atomic E-state index is -0.111. The lowest BCUT2D eigenvalue weighted by Crippen LogP contribution is -2.13. The largest absolute Gasteiger partial charge is 0.301 e. The van der Waals surface area contributed by atoms with Crippen LogP contribution in [0.1, 0.15) is 0 Å². The summed E-state index contributed by atoms with van der Waals surface area (Å²) in [5.41, 5.74) is 2.48. The Morgan fingerprint density at radius 3 is 2.81 bits per heavy atom. The van der Waals surface area contributed by atoms with E-state index in [4.69, 9.17) is 23.2 Å².